The molecule has 146 valence electrons. The predicted molar refractivity (Wildman–Crippen MR) is 96.7 cm³/mol. The van der Waals surface area contributed by atoms with Gasteiger partial charge in [-0.05, 0) is 43.9 Å². The van der Waals surface area contributed by atoms with Gasteiger partial charge < -0.3 is 15.4 Å². The van der Waals surface area contributed by atoms with Crippen molar-refractivity contribution in [3.05, 3.63) is 42.0 Å². The van der Waals surface area contributed by atoms with E-state index < -0.39 is 17.6 Å². The van der Waals surface area contributed by atoms with Crippen LogP contribution in [0.25, 0.3) is 0 Å². The number of hydrogen-bond donors (Lipinski definition) is 1. The third-order valence-corrected chi connectivity index (χ3v) is 4.46. The first-order valence-corrected chi connectivity index (χ1v) is 8.23. The molecule has 1 atom stereocenters. The molecule has 1 heterocycles. The Morgan fingerprint density at radius 3 is 2.54 bits per heavy atom. The number of alkyl halides is 3. The van der Waals surface area contributed by atoms with E-state index in [1.165, 1.54) is 12.1 Å². The van der Waals surface area contributed by atoms with Crippen molar-refractivity contribution >= 4 is 18.3 Å². The largest absolute Gasteiger partial charge is 0.489 e. The Morgan fingerprint density at radius 1 is 1.42 bits per heavy atom. The van der Waals surface area contributed by atoms with Crippen LogP contribution in [-0.4, -0.2) is 36.5 Å². The van der Waals surface area contributed by atoms with Gasteiger partial charge in [-0.25, -0.2) is 0 Å². The molecule has 1 aromatic rings. The van der Waals surface area contributed by atoms with Crippen LogP contribution in [0, 0.1) is 5.92 Å². The van der Waals surface area contributed by atoms with Gasteiger partial charge in [0.15, 0.2) is 0 Å². The van der Waals surface area contributed by atoms with Crippen LogP contribution in [0.2, 0.25) is 0 Å². The van der Waals surface area contributed by atoms with Gasteiger partial charge in [0.25, 0.3) is 5.91 Å². The van der Waals surface area contributed by atoms with Gasteiger partial charge in [0.05, 0.1) is 11.1 Å². The summed E-state index contributed by atoms with van der Waals surface area (Å²) >= 11 is 0. The first-order valence-electron chi connectivity index (χ1n) is 8.23. The van der Waals surface area contributed by atoms with E-state index in [9.17, 15) is 18.0 Å². The Morgan fingerprint density at radius 2 is 2.04 bits per heavy atom. The smallest absolute Gasteiger partial charge is 0.416 e. The molecule has 1 unspecified atom stereocenters. The summed E-state index contributed by atoms with van der Waals surface area (Å²) < 4.78 is 44.4. The van der Waals surface area contributed by atoms with Crippen molar-refractivity contribution in [2.75, 3.05) is 19.7 Å². The number of rotatable bonds is 5. The molecule has 0 aliphatic carbocycles. The van der Waals surface area contributed by atoms with Crippen LogP contribution in [0.5, 0.6) is 5.75 Å². The maximum atomic E-state index is 13.0. The minimum Gasteiger partial charge on any atom is -0.489 e. The number of halogens is 4. The minimum absolute atomic E-state index is 0. The molecule has 8 heteroatoms. The second kappa shape index (κ2) is 9.28. The average molecular weight is 393 g/mol. The van der Waals surface area contributed by atoms with E-state index in [1.807, 2.05) is 6.92 Å². The van der Waals surface area contributed by atoms with E-state index in [2.05, 4.69) is 6.58 Å². The zero-order chi connectivity index (χ0) is 18.6. The average Bonchev–Trinajstić information content (AvgIpc) is 2.58. The Kier molecular flexibility index (Phi) is 7.96. The Bertz CT molecular complexity index is 627. The summed E-state index contributed by atoms with van der Waals surface area (Å²) in [7, 11) is 0. The number of ether oxygens (including phenoxy) is 1. The summed E-state index contributed by atoms with van der Waals surface area (Å²) in [6.07, 6.45) is -1.57. The maximum absolute atomic E-state index is 13.0. The fourth-order valence-electron chi connectivity index (χ4n) is 2.95. The molecule has 0 aromatic heterocycles. The van der Waals surface area contributed by atoms with Crippen LogP contribution < -0.4 is 10.5 Å². The zero-order valence-corrected chi connectivity index (χ0v) is 15.4. The molecule has 1 aliphatic heterocycles. The highest BCUT2D eigenvalue weighted by atomic mass is 35.5. The summed E-state index contributed by atoms with van der Waals surface area (Å²) in [6, 6.07) is 3.00. The van der Waals surface area contributed by atoms with Gasteiger partial charge in [-0.1, -0.05) is 12.7 Å². The summed E-state index contributed by atoms with van der Waals surface area (Å²) in [5.74, 6) is 0.00236. The summed E-state index contributed by atoms with van der Waals surface area (Å²) in [6.45, 7) is 6.49. The van der Waals surface area contributed by atoms with Gasteiger partial charge in [-0.3, -0.25) is 4.79 Å². The third-order valence-electron chi connectivity index (χ3n) is 4.46. The van der Waals surface area contributed by atoms with Crippen molar-refractivity contribution in [2.24, 2.45) is 11.7 Å². The van der Waals surface area contributed by atoms with Gasteiger partial charge >= 0.3 is 6.18 Å². The number of amides is 1. The van der Waals surface area contributed by atoms with Crippen molar-refractivity contribution in [1.82, 2.24) is 4.90 Å². The molecule has 1 fully saturated rings. The Balaban J connectivity index is 0.00000338. The molecule has 0 saturated carbocycles. The number of carbonyl (C=O) groups excluding carboxylic acids is 1. The van der Waals surface area contributed by atoms with E-state index in [-0.39, 0.29) is 36.4 Å². The lowest BCUT2D eigenvalue weighted by Crippen LogP contribution is -2.42. The highest BCUT2D eigenvalue weighted by Gasteiger charge is 2.33. The molecule has 2 rings (SSSR count). The number of nitrogens with two attached hydrogens (primary N) is 1. The van der Waals surface area contributed by atoms with Gasteiger partial charge in [0.1, 0.15) is 12.4 Å². The Labute approximate surface area is 157 Å². The van der Waals surface area contributed by atoms with Crippen LogP contribution >= 0.6 is 12.4 Å². The highest BCUT2D eigenvalue weighted by Crippen LogP contribution is 2.33. The molecule has 26 heavy (non-hydrogen) atoms. The molecule has 1 amide bonds. The van der Waals surface area contributed by atoms with E-state index in [1.54, 1.807) is 4.90 Å². The number of likely N-dealkylation sites (tertiary alicyclic amines) is 1. The van der Waals surface area contributed by atoms with E-state index >= 15 is 0 Å². The minimum atomic E-state index is -4.52. The highest BCUT2D eigenvalue weighted by molar-refractivity contribution is 5.97. The fraction of sp³-hybridized carbons (Fsp3) is 0.500. The maximum Gasteiger partial charge on any atom is 0.416 e. The van der Waals surface area contributed by atoms with Crippen LogP contribution in [0.1, 0.15) is 35.7 Å². The lowest BCUT2D eigenvalue weighted by molar-refractivity contribution is -0.137. The van der Waals surface area contributed by atoms with Gasteiger partial charge in [0, 0.05) is 19.1 Å². The van der Waals surface area contributed by atoms with Crippen molar-refractivity contribution < 1.29 is 22.7 Å². The zero-order valence-electron chi connectivity index (χ0n) is 14.6. The molecule has 2 N–H and O–H groups in total. The second-order valence-corrected chi connectivity index (χ2v) is 6.30. The number of carbonyl (C=O) groups is 1. The lowest BCUT2D eigenvalue weighted by Gasteiger charge is -2.34. The molecular formula is C18H24ClF3N2O2. The third kappa shape index (κ3) is 5.38. The number of hydrogen-bond acceptors (Lipinski definition) is 3. The SMILES string of the molecule is C=CCOc1ccc(C(F)(F)F)cc1C(=O)N1CCC(C(C)N)CC1.Cl. The van der Waals surface area contributed by atoms with Crippen molar-refractivity contribution in [1.29, 1.82) is 0 Å². The first-order chi connectivity index (χ1) is 11.7. The second-order valence-electron chi connectivity index (χ2n) is 6.30. The molecule has 0 radical (unpaired) electrons. The summed E-state index contributed by atoms with van der Waals surface area (Å²) in [5, 5.41) is 0. The van der Waals surface area contributed by atoms with Gasteiger partial charge in [0.2, 0.25) is 0 Å². The van der Waals surface area contributed by atoms with Gasteiger partial charge in [-0.2, -0.15) is 13.2 Å². The monoisotopic (exact) mass is 392 g/mol. The standard InChI is InChI=1S/C18H23F3N2O2.ClH/c1-3-10-25-16-5-4-14(18(19,20)21)11-15(16)17(24)23-8-6-13(7-9-23)12(2)22;/h3-5,11-13H,1,6-10,22H2,2H3;1H. The molecule has 1 saturated heterocycles. The predicted octanol–water partition coefficient (Wildman–Crippen LogP) is 3.89. The van der Waals surface area contributed by atoms with Crippen LogP contribution in [-0.2, 0) is 6.18 Å². The van der Waals surface area contributed by atoms with Crippen LogP contribution in [0.15, 0.2) is 30.9 Å². The number of benzene rings is 1. The molecule has 1 aromatic carbocycles. The number of nitrogens with zero attached hydrogens (tertiary/aromatic N) is 1. The van der Waals surface area contributed by atoms with E-state index in [0.29, 0.717) is 19.0 Å². The fourth-order valence-corrected chi connectivity index (χ4v) is 2.95. The molecule has 1 aliphatic rings. The van der Waals surface area contributed by atoms with Gasteiger partial charge in [-0.15, -0.1) is 12.4 Å². The number of piperidine rings is 1. The van der Waals surface area contributed by atoms with Crippen LogP contribution in [0.3, 0.4) is 0 Å². The van der Waals surface area contributed by atoms with E-state index in [4.69, 9.17) is 10.5 Å². The molecule has 0 bridgehead atoms. The summed E-state index contributed by atoms with van der Waals surface area (Å²) in [5.41, 5.74) is 4.95. The molecule has 0 spiro atoms. The van der Waals surface area contributed by atoms with E-state index in [0.717, 1.165) is 25.0 Å². The summed E-state index contributed by atoms with van der Waals surface area (Å²) in [4.78, 5) is 14.3. The van der Waals surface area contributed by atoms with Crippen molar-refractivity contribution in [3.8, 4) is 5.75 Å². The van der Waals surface area contributed by atoms with Crippen molar-refractivity contribution in [3.63, 3.8) is 0 Å². The van der Waals surface area contributed by atoms with Crippen LogP contribution in [0.4, 0.5) is 13.2 Å². The quantitative estimate of drug-likeness (QED) is 0.773. The first kappa shape index (κ1) is 22.3. The molecule has 4 nitrogen and oxygen atoms in total. The lowest BCUT2D eigenvalue weighted by atomic mass is 9.90. The topological polar surface area (TPSA) is 55.6 Å². The Hall–Kier alpha value is -1.73. The molecular weight excluding hydrogens is 369 g/mol. The normalized spacial score (nSPS) is 16.6. The van der Waals surface area contributed by atoms with Crippen molar-refractivity contribution in [2.45, 2.75) is 32.0 Å².